The fourth-order valence-corrected chi connectivity index (χ4v) is 4.40. The molecule has 9 heteroatoms. The van der Waals surface area contributed by atoms with Gasteiger partial charge in [-0.15, -0.1) is 11.8 Å². The smallest absolute Gasteiger partial charge is 0.230 e. The maximum absolute atomic E-state index is 12.3. The summed E-state index contributed by atoms with van der Waals surface area (Å²) in [7, 11) is 0. The molecule has 0 saturated carbocycles. The summed E-state index contributed by atoms with van der Waals surface area (Å²) in [6.45, 7) is 4.57. The van der Waals surface area contributed by atoms with Crippen LogP contribution < -0.4 is 10.6 Å². The van der Waals surface area contributed by atoms with Gasteiger partial charge in [0, 0.05) is 12.6 Å². The highest BCUT2D eigenvalue weighted by Gasteiger charge is 2.10. The summed E-state index contributed by atoms with van der Waals surface area (Å²) < 4.78 is 6.44. The first-order chi connectivity index (χ1) is 14.0. The van der Waals surface area contributed by atoms with Gasteiger partial charge in [0.2, 0.25) is 11.8 Å². The predicted molar refractivity (Wildman–Crippen MR) is 115 cm³/mol. The summed E-state index contributed by atoms with van der Waals surface area (Å²) in [4.78, 5) is 20.8. The lowest BCUT2D eigenvalue weighted by molar-refractivity contribution is -0.115. The normalized spacial score (nSPS) is 12.1. The van der Waals surface area contributed by atoms with Crippen LogP contribution in [0.15, 0.2) is 45.3 Å². The molecule has 0 saturated heterocycles. The molecule has 1 unspecified atom stereocenters. The van der Waals surface area contributed by atoms with Crippen molar-refractivity contribution in [3.8, 4) is 0 Å². The number of carbonyl (C=O) groups excluding carboxylic acids is 1. The van der Waals surface area contributed by atoms with Gasteiger partial charge < -0.3 is 20.2 Å². The van der Waals surface area contributed by atoms with Gasteiger partial charge in [-0.1, -0.05) is 35.6 Å². The number of aliphatic hydroxyl groups excluding tert-OH is 1. The van der Waals surface area contributed by atoms with E-state index in [2.05, 4.69) is 20.6 Å². The van der Waals surface area contributed by atoms with Gasteiger partial charge in [-0.25, -0.2) is 9.97 Å². The number of nitrogens with one attached hydrogen (secondary N) is 2. The van der Waals surface area contributed by atoms with E-state index in [0.717, 1.165) is 21.1 Å². The fourth-order valence-electron chi connectivity index (χ4n) is 2.66. The molecule has 1 aromatic carbocycles. The van der Waals surface area contributed by atoms with E-state index < -0.39 is 0 Å². The summed E-state index contributed by atoms with van der Waals surface area (Å²) in [6.07, 6.45) is 3.74. The van der Waals surface area contributed by atoms with E-state index in [1.165, 1.54) is 11.3 Å². The van der Waals surface area contributed by atoms with E-state index in [4.69, 9.17) is 9.52 Å². The van der Waals surface area contributed by atoms with E-state index >= 15 is 0 Å². The van der Waals surface area contributed by atoms with E-state index in [9.17, 15) is 4.79 Å². The minimum atomic E-state index is -0.0987. The van der Waals surface area contributed by atoms with E-state index in [1.807, 2.05) is 38.1 Å². The molecule has 0 spiro atoms. The summed E-state index contributed by atoms with van der Waals surface area (Å²) >= 11 is 3.01. The maximum atomic E-state index is 12.3. The third-order valence-electron chi connectivity index (χ3n) is 4.14. The van der Waals surface area contributed by atoms with Gasteiger partial charge in [-0.3, -0.25) is 4.79 Å². The molecule has 0 aliphatic heterocycles. The Labute approximate surface area is 178 Å². The summed E-state index contributed by atoms with van der Waals surface area (Å²) in [6, 6.07) is 8.05. The number of hydrogen-bond donors (Lipinski definition) is 3. The second kappa shape index (κ2) is 10.5. The molecule has 3 N–H and O–H groups in total. The Bertz CT molecular complexity index is 924. The second-order valence-corrected chi connectivity index (χ2v) is 8.81. The number of hydrogen-bond acceptors (Lipinski definition) is 8. The zero-order chi connectivity index (χ0) is 20.6. The van der Waals surface area contributed by atoms with Gasteiger partial charge in [0.15, 0.2) is 5.13 Å². The minimum Gasteiger partial charge on any atom is -0.445 e. The van der Waals surface area contributed by atoms with Crippen LogP contribution in [0.2, 0.25) is 0 Å². The number of anilines is 1. The quantitative estimate of drug-likeness (QED) is 0.421. The molecule has 0 radical (unpaired) electrons. The standard InChI is InChI=1S/C20H24N4O3S2/c1-13-10-22-18(27-13)12-28-19-11-23-20(29-19)24-17(26)9-15-3-5-16(6-4-15)14(2)21-7-8-25/h3-6,10-11,14,21,25H,7-9,12H2,1-2H3,(H,23,24,26). The topological polar surface area (TPSA) is 100 Å². The molecule has 154 valence electrons. The average molecular weight is 433 g/mol. The van der Waals surface area contributed by atoms with Gasteiger partial charge in [-0.2, -0.15) is 0 Å². The van der Waals surface area contributed by atoms with Crippen molar-refractivity contribution in [3.05, 3.63) is 59.4 Å². The van der Waals surface area contributed by atoms with Crippen LogP contribution in [0.3, 0.4) is 0 Å². The van der Waals surface area contributed by atoms with Crippen LogP contribution in [0, 0.1) is 6.92 Å². The van der Waals surface area contributed by atoms with Crippen molar-refractivity contribution in [1.29, 1.82) is 0 Å². The van der Waals surface area contributed by atoms with Crippen molar-refractivity contribution in [3.63, 3.8) is 0 Å². The Hall–Kier alpha value is -2.20. The monoisotopic (exact) mass is 432 g/mol. The lowest BCUT2D eigenvalue weighted by Gasteiger charge is -2.13. The first-order valence-corrected chi connectivity index (χ1v) is 11.1. The van der Waals surface area contributed by atoms with Gasteiger partial charge in [-0.05, 0) is 25.0 Å². The molecule has 0 aliphatic carbocycles. The first kappa shape index (κ1) is 21.5. The fraction of sp³-hybridized carbons (Fsp3) is 0.350. The van der Waals surface area contributed by atoms with Crippen molar-refractivity contribution in [2.45, 2.75) is 36.3 Å². The number of aliphatic hydroxyl groups is 1. The van der Waals surface area contributed by atoms with Gasteiger partial charge in [0.1, 0.15) is 5.76 Å². The molecule has 3 aromatic rings. The van der Waals surface area contributed by atoms with Crippen molar-refractivity contribution < 1.29 is 14.3 Å². The highest BCUT2D eigenvalue weighted by Crippen LogP contribution is 2.30. The Balaban J connectivity index is 1.47. The Kier molecular flexibility index (Phi) is 7.82. The summed E-state index contributed by atoms with van der Waals surface area (Å²) in [5.74, 6) is 2.00. The van der Waals surface area contributed by atoms with Crippen LogP contribution in [0.25, 0.3) is 0 Å². The molecule has 0 bridgehead atoms. The zero-order valence-electron chi connectivity index (χ0n) is 16.3. The zero-order valence-corrected chi connectivity index (χ0v) is 18.0. The molecule has 1 atom stereocenters. The van der Waals surface area contributed by atoms with Gasteiger partial charge in [0.25, 0.3) is 0 Å². The predicted octanol–water partition coefficient (Wildman–Crippen LogP) is 3.56. The maximum Gasteiger partial charge on any atom is 0.230 e. The number of thiazole rings is 1. The summed E-state index contributed by atoms with van der Waals surface area (Å²) in [5, 5.41) is 15.5. The molecular weight excluding hydrogens is 408 g/mol. The molecule has 7 nitrogen and oxygen atoms in total. The molecule has 2 heterocycles. The first-order valence-electron chi connectivity index (χ1n) is 9.26. The molecule has 3 rings (SSSR count). The Morgan fingerprint density at radius 1 is 1.28 bits per heavy atom. The number of amides is 1. The van der Waals surface area contributed by atoms with Crippen LogP contribution in [-0.2, 0) is 17.0 Å². The van der Waals surface area contributed by atoms with Gasteiger partial charge in [0.05, 0.1) is 35.4 Å². The minimum absolute atomic E-state index is 0.0987. The van der Waals surface area contributed by atoms with E-state index in [0.29, 0.717) is 23.3 Å². The third-order valence-corrected chi connectivity index (χ3v) is 6.24. The number of oxazole rings is 1. The van der Waals surface area contributed by atoms with Crippen molar-refractivity contribution in [2.75, 3.05) is 18.5 Å². The van der Waals surface area contributed by atoms with Crippen LogP contribution in [0.5, 0.6) is 0 Å². The molecular formula is C20H24N4O3S2. The van der Waals surface area contributed by atoms with E-state index in [-0.39, 0.29) is 25.0 Å². The largest absolute Gasteiger partial charge is 0.445 e. The molecule has 0 fully saturated rings. The number of aromatic nitrogens is 2. The van der Waals surface area contributed by atoms with Crippen LogP contribution in [0.1, 0.15) is 35.7 Å². The average Bonchev–Trinajstić information content (AvgIpc) is 3.33. The van der Waals surface area contributed by atoms with Crippen molar-refractivity contribution in [1.82, 2.24) is 15.3 Å². The number of aryl methyl sites for hydroxylation is 1. The third kappa shape index (κ3) is 6.67. The van der Waals surface area contributed by atoms with Crippen molar-refractivity contribution >= 4 is 34.1 Å². The highest BCUT2D eigenvalue weighted by atomic mass is 32.2. The Morgan fingerprint density at radius 3 is 2.76 bits per heavy atom. The number of rotatable bonds is 10. The summed E-state index contributed by atoms with van der Waals surface area (Å²) in [5.41, 5.74) is 2.05. The van der Waals surface area contributed by atoms with Crippen LogP contribution >= 0.6 is 23.1 Å². The SMILES string of the molecule is Cc1cnc(CSc2cnc(NC(=O)Cc3ccc(C(C)NCCO)cc3)s2)o1. The Morgan fingerprint density at radius 2 is 2.07 bits per heavy atom. The highest BCUT2D eigenvalue weighted by molar-refractivity contribution is 8.00. The lowest BCUT2D eigenvalue weighted by Crippen LogP contribution is -2.22. The van der Waals surface area contributed by atoms with Crippen molar-refractivity contribution in [2.24, 2.45) is 0 Å². The molecule has 0 aliphatic rings. The number of thioether (sulfide) groups is 1. The molecule has 1 amide bonds. The van der Waals surface area contributed by atoms with Crippen LogP contribution in [0.4, 0.5) is 5.13 Å². The van der Waals surface area contributed by atoms with Crippen LogP contribution in [-0.4, -0.2) is 34.1 Å². The van der Waals surface area contributed by atoms with Gasteiger partial charge >= 0.3 is 0 Å². The number of carbonyl (C=O) groups is 1. The van der Waals surface area contributed by atoms with E-state index in [1.54, 1.807) is 24.2 Å². The molecule has 29 heavy (non-hydrogen) atoms. The lowest BCUT2D eigenvalue weighted by atomic mass is 10.0. The number of nitrogens with zero attached hydrogens (tertiary/aromatic N) is 2. The number of benzene rings is 1. The molecule has 2 aromatic heterocycles. The second-order valence-electron chi connectivity index (χ2n) is 6.50.